The number of hydrogen-bond donors (Lipinski definition) is 1. The smallest absolute Gasteiger partial charge is 0.00172 e. The van der Waals surface area contributed by atoms with E-state index >= 15 is 0 Å². The van der Waals surface area contributed by atoms with Gasteiger partial charge in [-0.15, -0.1) is 0 Å². The van der Waals surface area contributed by atoms with Crippen LogP contribution in [0.4, 0.5) is 0 Å². The SMILES string of the molecule is c1ccc(CC(Cc2ccccc2)C2CCNC2)cc1. The van der Waals surface area contributed by atoms with Gasteiger partial charge in [-0.2, -0.15) is 0 Å². The number of benzene rings is 2. The van der Waals surface area contributed by atoms with Crippen LogP contribution < -0.4 is 5.32 Å². The summed E-state index contributed by atoms with van der Waals surface area (Å²) < 4.78 is 0. The van der Waals surface area contributed by atoms with E-state index in [1.54, 1.807) is 0 Å². The molecule has 0 aromatic heterocycles. The van der Waals surface area contributed by atoms with Crippen LogP contribution in [0.15, 0.2) is 60.7 Å². The Bertz CT molecular complexity index is 458. The Labute approximate surface area is 122 Å². The molecule has 0 aliphatic carbocycles. The second-order valence-corrected chi connectivity index (χ2v) is 5.89. The van der Waals surface area contributed by atoms with Gasteiger partial charge in [-0.05, 0) is 55.3 Å². The number of nitrogens with one attached hydrogen (secondary N) is 1. The van der Waals surface area contributed by atoms with Crippen LogP contribution in [0.5, 0.6) is 0 Å². The van der Waals surface area contributed by atoms with Crippen molar-refractivity contribution in [2.45, 2.75) is 19.3 Å². The van der Waals surface area contributed by atoms with Crippen molar-refractivity contribution in [2.24, 2.45) is 11.8 Å². The maximum absolute atomic E-state index is 3.52. The summed E-state index contributed by atoms with van der Waals surface area (Å²) in [5.74, 6) is 1.56. The molecule has 1 fully saturated rings. The molecule has 1 atom stereocenters. The Morgan fingerprint density at radius 2 is 1.40 bits per heavy atom. The molecular formula is C19H23N. The van der Waals surface area contributed by atoms with Gasteiger partial charge in [0, 0.05) is 0 Å². The van der Waals surface area contributed by atoms with E-state index in [-0.39, 0.29) is 0 Å². The first-order chi connectivity index (χ1) is 9.92. The van der Waals surface area contributed by atoms with Crippen LogP contribution in [0.2, 0.25) is 0 Å². The molecule has 1 heterocycles. The Kier molecular flexibility index (Phi) is 4.49. The van der Waals surface area contributed by atoms with Crippen molar-refractivity contribution in [3.8, 4) is 0 Å². The van der Waals surface area contributed by atoms with Crippen molar-refractivity contribution in [2.75, 3.05) is 13.1 Å². The fourth-order valence-corrected chi connectivity index (χ4v) is 3.32. The summed E-state index contributed by atoms with van der Waals surface area (Å²) >= 11 is 0. The van der Waals surface area contributed by atoms with Gasteiger partial charge in [0.25, 0.3) is 0 Å². The highest BCUT2D eigenvalue weighted by Gasteiger charge is 2.25. The van der Waals surface area contributed by atoms with E-state index in [2.05, 4.69) is 66.0 Å². The summed E-state index contributed by atoms with van der Waals surface area (Å²) in [6.07, 6.45) is 3.72. The summed E-state index contributed by atoms with van der Waals surface area (Å²) in [5, 5.41) is 3.52. The molecule has 2 aromatic rings. The minimum Gasteiger partial charge on any atom is -0.316 e. The lowest BCUT2D eigenvalue weighted by molar-refractivity contribution is 0.352. The molecule has 1 heteroatoms. The standard InChI is InChI=1S/C19H23N/c1-3-7-16(8-4-1)13-19(18-11-12-20-15-18)14-17-9-5-2-6-10-17/h1-10,18-20H,11-15H2. The second-order valence-electron chi connectivity index (χ2n) is 5.89. The quantitative estimate of drug-likeness (QED) is 0.869. The fourth-order valence-electron chi connectivity index (χ4n) is 3.32. The van der Waals surface area contributed by atoms with Gasteiger partial charge in [-0.1, -0.05) is 60.7 Å². The predicted octanol–water partition coefficient (Wildman–Crippen LogP) is 3.70. The zero-order chi connectivity index (χ0) is 13.6. The molecule has 20 heavy (non-hydrogen) atoms. The molecule has 0 radical (unpaired) electrons. The summed E-state index contributed by atoms with van der Waals surface area (Å²) in [7, 11) is 0. The molecule has 0 saturated carbocycles. The molecule has 1 saturated heterocycles. The molecule has 1 aliphatic rings. The van der Waals surface area contributed by atoms with Crippen molar-refractivity contribution in [3.05, 3.63) is 71.8 Å². The van der Waals surface area contributed by atoms with Crippen molar-refractivity contribution < 1.29 is 0 Å². The average molecular weight is 265 g/mol. The topological polar surface area (TPSA) is 12.0 Å². The third kappa shape index (κ3) is 3.49. The average Bonchev–Trinajstić information content (AvgIpc) is 3.03. The van der Waals surface area contributed by atoms with Crippen LogP contribution in [0, 0.1) is 11.8 Å². The van der Waals surface area contributed by atoms with E-state index in [9.17, 15) is 0 Å². The Morgan fingerprint density at radius 1 is 0.850 bits per heavy atom. The van der Waals surface area contributed by atoms with Gasteiger partial charge >= 0.3 is 0 Å². The zero-order valence-electron chi connectivity index (χ0n) is 12.0. The van der Waals surface area contributed by atoms with E-state index in [0.717, 1.165) is 11.8 Å². The molecule has 1 unspecified atom stereocenters. The van der Waals surface area contributed by atoms with Crippen molar-refractivity contribution >= 4 is 0 Å². The first-order valence-corrected chi connectivity index (χ1v) is 7.70. The lowest BCUT2D eigenvalue weighted by Crippen LogP contribution is -2.22. The molecule has 2 aromatic carbocycles. The van der Waals surface area contributed by atoms with Crippen LogP contribution in [0.3, 0.4) is 0 Å². The monoisotopic (exact) mass is 265 g/mol. The fraction of sp³-hybridized carbons (Fsp3) is 0.368. The number of rotatable bonds is 5. The van der Waals surface area contributed by atoms with Crippen LogP contribution in [-0.4, -0.2) is 13.1 Å². The molecule has 0 amide bonds. The van der Waals surface area contributed by atoms with Gasteiger partial charge in [0.2, 0.25) is 0 Å². The second kappa shape index (κ2) is 6.71. The largest absolute Gasteiger partial charge is 0.316 e. The summed E-state index contributed by atoms with van der Waals surface area (Å²) in [5.41, 5.74) is 2.95. The van der Waals surface area contributed by atoms with Gasteiger partial charge in [0.1, 0.15) is 0 Å². The summed E-state index contributed by atoms with van der Waals surface area (Å²) in [6.45, 7) is 2.37. The van der Waals surface area contributed by atoms with Crippen molar-refractivity contribution in [1.82, 2.24) is 5.32 Å². The Hall–Kier alpha value is -1.60. The van der Waals surface area contributed by atoms with Gasteiger partial charge in [-0.3, -0.25) is 0 Å². The van der Waals surface area contributed by atoms with E-state index in [1.165, 1.54) is 43.5 Å². The summed E-state index contributed by atoms with van der Waals surface area (Å²) in [4.78, 5) is 0. The molecule has 3 rings (SSSR count). The maximum atomic E-state index is 3.52. The first-order valence-electron chi connectivity index (χ1n) is 7.70. The van der Waals surface area contributed by atoms with Gasteiger partial charge in [0.05, 0.1) is 0 Å². The van der Waals surface area contributed by atoms with Gasteiger partial charge < -0.3 is 5.32 Å². The van der Waals surface area contributed by atoms with E-state index in [1.807, 2.05) is 0 Å². The van der Waals surface area contributed by atoms with E-state index in [4.69, 9.17) is 0 Å². The molecule has 0 bridgehead atoms. The highest BCUT2D eigenvalue weighted by molar-refractivity contribution is 5.19. The highest BCUT2D eigenvalue weighted by Crippen LogP contribution is 2.26. The number of hydrogen-bond acceptors (Lipinski definition) is 1. The van der Waals surface area contributed by atoms with Crippen LogP contribution in [0.1, 0.15) is 17.5 Å². The maximum Gasteiger partial charge on any atom is -0.00172 e. The van der Waals surface area contributed by atoms with Gasteiger partial charge in [0.15, 0.2) is 0 Å². The third-order valence-electron chi connectivity index (χ3n) is 4.45. The molecule has 1 aliphatic heterocycles. The Morgan fingerprint density at radius 3 is 1.85 bits per heavy atom. The Balaban J connectivity index is 1.73. The normalized spacial score (nSPS) is 18.6. The predicted molar refractivity (Wildman–Crippen MR) is 84.8 cm³/mol. The first kappa shape index (κ1) is 13.4. The summed E-state index contributed by atoms with van der Waals surface area (Å²) in [6, 6.07) is 21.9. The molecule has 104 valence electrons. The van der Waals surface area contributed by atoms with Crippen molar-refractivity contribution in [1.29, 1.82) is 0 Å². The molecule has 0 spiro atoms. The minimum atomic E-state index is 0.745. The molecule has 1 nitrogen and oxygen atoms in total. The lowest BCUT2D eigenvalue weighted by Gasteiger charge is -2.23. The zero-order valence-corrected chi connectivity index (χ0v) is 12.0. The molecule has 1 N–H and O–H groups in total. The van der Waals surface area contributed by atoms with Crippen molar-refractivity contribution in [3.63, 3.8) is 0 Å². The van der Waals surface area contributed by atoms with Crippen LogP contribution in [0.25, 0.3) is 0 Å². The lowest BCUT2D eigenvalue weighted by atomic mass is 9.82. The minimum absolute atomic E-state index is 0.745. The van der Waals surface area contributed by atoms with Gasteiger partial charge in [-0.25, -0.2) is 0 Å². The third-order valence-corrected chi connectivity index (χ3v) is 4.45. The molecular weight excluding hydrogens is 242 g/mol. The van der Waals surface area contributed by atoms with E-state index < -0.39 is 0 Å². The highest BCUT2D eigenvalue weighted by atomic mass is 14.9. The van der Waals surface area contributed by atoms with E-state index in [0.29, 0.717) is 0 Å². The van der Waals surface area contributed by atoms with Crippen LogP contribution >= 0.6 is 0 Å². The van der Waals surface area contributed by atoms with Crippen LogP contribution in [-0.2, 0) is 12.8 Å².